The van der Waals surface area contributed by atoms with Crippen LogP contribution in [0.15, 0.2) is 30.3 Å². The first-order chi connectivity index (χ1) is 11.8. The number of sulfonamides is 1. The molecule has 0 radical (unpaired) electrons. The van der Waals surface area contributed by atoms with Gasteiger partial charge in [-0.05, 0) is 49.6 Å². The molecule has 2 aromatic rings. The predicted octanol–water partition coefficient (Wildman–Crippen LogP) is 3.54. The number of hydrogen-bond donors (Lipinski definition) is 1. The molecule has 1 atom stereocenters. The van der Waals surface area contributed by atoms with Gasteiger partial charge >= 0.3 is 0 Å². The lowest BCUT2D eigenvalue weighted by Crippen LogP contribution is -2.26. The third-order valence-electron chi connectivity index (χ3n) is 4.83. The first kappa shape index (κ1) is 17.9. The SMILES string of the molecule is CCC(C)N1Cc2cc(-c3cccc(NS(C)(=O)=O)c3)nc(C)c2C1. The van der Waals surface area contributed by atoms with Crippen LogP contribution in [0, 0.1) is 6.92 Å². The average Bonchev–Trinajstić information content (AvgIpc) is 2.97. The van der Waals surface area contributed by atoms with Crippen molar-refractivity contribution in [1.82, 2.24) is 9.88 Å². The number of aromatic nitrogens is 1. The van der Waals surface area contributed by atoms with Crippen LogP contribution >= 0.6 is 0 Å². The van der Waals surface area contributed by atoms with Crippen molar-refractivity contribution in [3.05, 3.63) is 47.2 Å². The Morgan fingerprint density at radius 1 is 1.28 bits per heavy atom. The topological polar surface area (TPSA) is 62.3 Å². The highest BCUT2D eigenvalue weighted by molar-refractivity contribution is 7.92. The summed E-state index contributed by atoms with van der Waals surface area (Å²) in [5, 5.41) is 0. The van der Waals surface area contributed by atoms with Crippen molar-refractivity contribution in [1.29, 1.82) is 0 Å². The number of nitrogens with one attached hydrogen (secondary N) is 1. The maximum absolute atomic E-state index is 11.5. The van der Waals surface area contributed by atoms with Crippen LogP contribution in [0.2, 0.25) is 0 Å². The first-order valence-corrected chi connectivity index (χ1v) is 10.5. The predicted molar refractivity (Wildman–Crippen MR) is 102 cm³/mol. The van der Waals surface area contributed by atoms with E-state index in [1.165, 1.54) is 11.1 Å². The number of fused-ring (bicyclic) bond motifs is 1. The van der Waals surface area contributed by atoms with E-state index in [-0.39, 0.29) is 0 Å². The molecule has 0 aliphatic carbocycles. The van der Waals surface area contributed by atoms with Crippen molar-refractivity contribution < 1.29 is 8.42 Å². The summed E-state index contributed by atoms with van der Waals surface area (Å²) in [6, 6.07) is 10.1. The Labute approximate surface area is 150 Å². The summed E-state index contributed by atoms with van der Waals surface area (Å²) in [6.07, 6.45) is 2.29. The van der Waals surface area contributed by atoms with E-state index in [2.05, 4.69) is 36.5 Å². The average molecular weight is 359 g/mol. The highest BCUT2D eigenvalue weighted by Gasteiger charge is 2.25. The second kappa shape index (κ2) is 6.77. The van der Waals surface area contributed by atoms with Crippen molar-refractivity contribution in [2.24, 2.45) is 0 Å². The van der Waals surface area contributed by atoms with Crippen molar-refractivity contribution in [2.45, 2.75) is 46.3 Å². The minimum atomic E-state index is -3.29. The van der Waals surface area contributed by atoms with Gasteiger partial charge < -0.3 is 0 Å². The quantitative estimate of drug-likeness (QED) is 0.887. The van der Waals surface area contributed by atoms with Gasteiger partial charge in [-0.2, -0.15) is 0 Å². The molecule has 1 N–H and O–H groups in total. The largest absolute Gasteiger partial charge is 0.292 e. The lowest BCUT2D eigenvalue weighted by Gasteiger charge is -2.22. The summed E-state index contributed by atoms with van der Waals surface area (Å²) in [6.45, 7) is 8.43. The van der Waals surface area contributed by atoms with E-state index in [1.807, 2.05) is 18.2 Å². The lowest BCUT2D eigenvalue weighted by atomic mass is 10.0. The van der Waals surface area contributed by atoms with Crippen LogP contribution in [0.1, 0.15) is 37.1 Å². The van der Waals surface area contributed by atoms with E-state index >= 15 is 0 Å². The molecule has 0 bridgehead atoms. The Balaban J connectivity index is 1.93. The molecule has 1 aliphatic rings. The van der Waals surface area contributed by atoms with Crippen molar-refractivity contribution in [3.63, 3.8) is 0 Å². The molecule has 25 heavy (non-hydrogen) atoms. The summed E-state index contributed by atoms with van der Waals surface area (Å²) < 4.78 is 25.4. The second-order valence-corrected chi connectivity index (χ2v) is 8.60. The number of anilines is 1. The van der Waals surface area contributed by atoms with E-state index < -0.39 is 10.0 Å². The van der Waals surface area contributed by atoms with Crippen LogP contribution in [0.5, 0.6) is 0 Å². The van der Waals surface area contributed by atoms with Crippen molar-refractivity contribution >= 4 is 15.7 Å². The van der Waals surface area contributed by atoms with Gasteiger partial charge in [0.2, 0.25) is 10.0 Å². The summed E-state index contributed by atoms with van der Waals surface area (Å²) in [5.74, 6) is 0. The van der Waals surface area contributed by atoms with E-state index in [1.54, 1.807) is 6.07 Å². The van der Waals surface area contributed by atoms with Gasteiger partial charge in [0.15, 0.2) is 0 Å². The summed E-state index contributed by atoms with van der Waals surface area (Å²) >= 11 is 0. The Morgan fingerprint density at radius 2 is 2.04 bits per heavy atom. The molecule has 0 spiro atoms. The fourth-order valence-electron chi connectivity index (χ4n) is 3.27. The van der Waals surface area contributed by atoms with E-state index in [0.29, 0.717) is 11.7 Å². The molecule has 5 nitrogen and oxygen atoms in total. The molecule has 1 aliphatic heterocycles. The van der Waals surface area contributed by atoms with Gasteiger partial charge in [0, 0.05) is 36.1 Å². The number of hydrogen-bond acceptors (Lipinski definition) is 4. The van der Waals surface area contributed by atoms with Gasteiger partial charge in [0.05, 0.1) is 11.9 Å². The molecule has 0 saturated carbocycles. The van der Waals surface area contributed by atoms with Crippen molar-refractivity contribution in [2.75, 3.05) is 11.0 Å². The van der Waals surface area contributed by atoms with Gasteiger partial charge in [0.1, 0.15) is 0 Å². The molecule has 0 amide bonds. The molecule has 1 aromatic heterocycles. The van der Waals surface area contributed by atoms with E-state index in [4.69, 9.17) is 4.98 Å². The summed E-state index contributed by atoms with van der Waals surface area (Å²) in [4.78, 5) is 7.25. The molecule has 6 heteroatoms. The smallest absolute Gasteiger partial charge is 0.229 e. The first-order valence-electron chi connectivity index (χ1n) is 8.58. The minimum Gasteiger partial charge on any atom is -0.292 e. The van der Waals surface area contributed by atoms with Crippen LogP contribution in [-0.2, 0) is 23.1 Å². The molecule has 134 valence electrons. The summed E-state index contributed by atoms with van der Waals surface area (Å²) in [7, 11) is -3.29. The highest BCUT2D eigenvalue weighted by Crippen LogP contribution is 2.31. The Morgan fingerprint density at radius 3 is 2.72 bits per heavy atom. The molecule has 1 aromatic carbocycles. The zero-order valence-electron chi connectivity index (χ0n) is 15.2. The zero-order valence-corrected chi connectivity index (χ0v) is 16.0. The monoisotopic (exact) mass is 359 g/mol. The number of aryl methyl sites for hydroxylation is 1. The van der Waals surface area contributed by atoms with E-state index in [9.17, 15) is 8.42 Å². The number of pyridine rings is 1. The van der Waals surface area contributed by atoms with Crippen molar-refractivity contribution in [3.8, 4) is 11.3 Å². The van der Waals surface area contributed by atoms with Gasteiger partial charge in [-0.1, -0.05) is 19.1 Å². The fourth-order valence-corrected chi connectivity index (χ4v) is 3.83. The van der Waals surface area contributed by atoms with Crippen LogP contribution in [0.3, 0.4) is 0 Å². The molecular formula is C19H25N3O2S. The molecule has 0 fully saturated rings. The number of nitrogens with zero attached hydrogens (tertiary/aromatic N) is 2. The molecule has 0 saturated heterocycles. The lowest BCUT2D eigenvalue weighted by molar-refractivity contribution is 0.207. The van der Waals surface area contributed by atoms with Gasteiger partial charge in [0.25, 0.3) is 0 Å². The van der Waals surface area contributed by atoms with Crippen LogP contribution in [0.4, 0.5) is 5.69 Å². The van der Waals surface area contributed by atoms with Crippen LogP contribution < -0.4 is 4.72 Å². The van der Waals surface area contributed by atoms with E-state index in [0.717, 1.165) is 42.7 Å². The molecule has 1 unspecified atom stereocenters. The van der Waals surface area contributed by atoms with Gasteiger partial charge in [-0.25, -0.2) is 8.42 Å². The maximum atomic E-state index is 11.5. The number of rotatable bonds is 5. The Hall–Kier alpha value is -1.92. The Kier molecular flexibility index (Phi) is 4.84. The molecular weight excluding hydrogens is 334 g/mol. The third-order valence-corrected chi connectivity index (χ3v) is 5.44. The van der Waals surface area contributed by atoms with Gasteiger partial charge in [-0.3, -0.25) is 14.6 Å². The molecule has 2 heterocycles. The normalized spacial score (nSPS) is 15.8. The Bertz CT molecular complexity index is 894. The zero-order chi connectivity index (χ0) is 18.2. The maximum Gasteiger partial charge on any atom is 0.229 e. The van der Waals surface area contributed by atoms with Crippen LogP contribution in [-0.4, -0.2) is 30.6 Å². The van der Waals surface area contributed by atoms with Crippen LogP contribution in [0.25, 0.3) is 11.3 Å². The minimum absolute atomic E-state index is 0.553. The molecule has 3 rings (SSSR count). The second-order valence-electron chi connectivity index (χ2n) is 6.85. The fraction of sp³-hybridized carbons (Fsp3) is 0.421. The van der Waals surface area contributed by atoms with Gasteiger partial charge in [-0.15, -0.1) is 0 Å². The summed E-state index contributed by atoms with van der Waals surface area (Å²) in [5.41, 5.74) is 6.07. The third kappa shape index (κ3) is 4.02. The number of benzene rings is 1. The highest BCUT2D eigenvalue weighted by atomic mass is 32.2. The standard InChI is InChI=1S/C19H25N3O2S/c1-5-13(2)22-11-16-10-19(20-14(3)18(16)12-22)15-7-6-8-17(9-15)21-25(4,23)24/h6-10,13,21H,5,11-12H2,1-4H3.